The number of methoxy groups -OCH3 is 2. The van der Waals surface area contributed by atoms with E-state index >= 15 is 0 Å². The SMILES string of the molecule is CO[C@@H]1C[C@H](C[C@@H](C)[C@@H]2CC(=O)[C@H](C)/C=C(\C)[C@@H](O)[C@@H](OC)C(=O)[C@H](C)C[C@H](C)/C=C/C=C/C=C(\C)C(OCCOCCOCCO)C[C@@H]3CC[C@@H](C)[C@@](O)(O3)C(=O)C(=O)N3CCCC[C@H]3C(=O)O2)CC[C@H]1OCCO. The highest BCUT2D eigenvalue weighted by atomic mass is 16.6. The van der Waals surface area contributed by atoms with E-state index in [2.05, 4.69) is 0 Å². The van der Waals surface area contributed by atoms with E-state index in [-0.39, 0.29) is 107 Å². The van der Waals surface area contributed by atoms with Gasteiger partial charge < -0.3 is 63.2 Å². The quantitative estimate of drug-likeness (QED) is 0.0600. The van der Waals surface area contributed by atoms with Crippen LogP contribution in [0.2, 0.25) is 0 Å². The zero-order chi connectivity index (χ0) is 56.0. The molecule has 4 rings (SSSR count). The molecule has 1 unspecified atom stereocenters. The molecular formula is C58H93NO17. The van der Waals surface area contributed by atoms with Crippen LogP contribution in [0.15, 0.2) is 47.6 Å². The maximum Gasteiger partial charge on any atom is 0.329 e. The molecule has 0 aromatic heterocycles. The number of amides is 1. The van der Waals surface area contributed by atoms with Crippen molar-refractivity contribution in [3.63, 3.8) is 0 Å². The molecule has 3 fully saturated rings. The number of esters is 1. The zero-order valence-corrected chi connectivity index (χ0v) is 46.9. The second kappa shape index (κ2) is 33.2. The molecule has 0 radical (unpaired) electrons. The first kappa shape index (κ1) is 65.0. The molecule has 4 N–H and O–H groups in total. The van der Waals surface area contributed by atoms with E-state index in [1.165, 1.54) is 12.0 Å². The Hall–Kier alpha value is -3.53. The van der Waals surface area contributed by atoms with Gasteiger partial charge >= 0.3 is 5.97 Å². The van der Waals surface area contributed by atoms with Crippen LogP contribution in [0.5, 0.6) is 0 Å². The predicted molar refractivity (Wildman–Crippen MR) is 284 cm³/mol. The van der Waals surface area contributed by atoms with Gasteiger partial charge in [0.15, 0.2) is 5.78 Å². The van der Waals surface area contributed by atoms with E-state index < -0.39 is 77.8 Å². The molecule has 1 amide bonds. The summed E-state index contributed by atoms with van der Waals surface area (Å²) >= 11 is 0. The van der Waals surface area contributed by atoms with Gasteiger partial charge in [0, 0.05) is 51.4 Å². The molecule has 432 valence electrons. The molecule has 3 aliphatic heterocycles. The normalized spacial score (nSPS) is 36.3. The molecule has 1 saturated carbocycles. The lowest BCUT2D eigenvalue weighted by atomic mass is 9.78. The van der Waals surface area contributed by atoms with Gasteiger partial charge in [0.2, 0.25) is 5.79 Å². The minimum absolute atomic E-state index is 0.0227. The van der Waals surface area contributed by atoms with Gasteiger partial charge in [0.25, 0.3) is 11.7 Å². The summed E-state index contributed by atoms with van der Waals surface area (Å²) in [6.07, 6.45) is 11.2. The van der Waals surface area contributed by atoms with E-state index in [4.69, 9.17) is 43.0 Å². The van der Waals surface area contributed by atoms with Crippen molar-refractivity contribution in [2.24, 2.45) is 35.5 Å². The third-order valence-electron chi connectivity index (χ3n) is 15.7. The van der Waals surface area contributed by atoms with Crippen LogP contribution >= 0.6 is 0 Å². The lowest BCUT2D eigenvalue weighted by molar-refractivity contribution is -0.266. The van der Waals surface area contributed by atoms with Crippen molar-refractivity contribution in [3.05, 3.63) is 47.6 Å². The van der Waals surface area contributed by atoms with E-state index in [9.17, 15) is 39.3 Å². The highest BCUT2D eigenvalue weighted by Gasteiger charge is 2.53. The number of Topliss-reactive ketones (excluding diaryl/α,β-unsaturated/α-hetero) is 3. The van der Waals surface area contributed by atoms with Crippen LogP contribution in [0.25, 0.3) is 0 Å². The van der Waals surface area contributed by atoms with Crippen LogP contribution in [0, 0.1) is 35.5 Å². The first-order valence-electron chi connectivity index (χ1n) is 27.9. The number of piperidine rings is 1. The lowest BCUT2D eigenvalue weighted by Crippen LogP contribution is -2.61. The summed E-state index contributed by atoms with van der Waals surface area (Å²) < 4.78 is 47.2. The number of aliphatic hydroxyl groups excluding tert-OH is 3. The van der Waals surface area contributed by atoms with Crippen LogP contribution < -0.4 is 0 Å². The number of nitrogens with zero attached hydrogens (tertiary/aromatic N) is 1. The Bertz CT molecular complexity index is 1950. The molecule has 76 heavy (non-hydrogen) atoms. The number of aliphatic hydroxyl groups is 4. The molecular weight excluding hydrogens is 983 g/mol. The van der Waals surface area contributed by atoms with Gasteiger partial charge in [-0.2, -0.15) is 0 Å². The van der Waals surface area contributed by atoms with Crippen molar-refractivity contribution >= 4 is 29.2 Å². The highest BCUT2D eigenvalue weighted by Crippen LogP contribution is 2.38. The summed E-state index contributed by atoms with van der Waals surface area (Å²) in [7, 11) is 3.00. The number of rotatable bonds is 17. The van der Waals surface area contributed by atoms with E-state index in [1.807, 2.05) is 51.2 Å². The summed E-state index contributed by atoms with van der Waals surface area (Å²) in [6.45, 7) is 13.9. The van der Waals surface area contributed by atoms with Gasteiger partial charge in [0.05, 0.1) is 77.3 Å². The minimum atomic E-state index is -2.50. The fraction of sp³-hybridized carbons (Fsp3) is 0.776. The van der Waals surface area contributed by atoms with Gasteiger partial charge in [-0.15, -0.1) is 0 Å². The number of ketones is 3. The Morgan fingerprint density at radius 2 is 1.49 bits per heavy atom. The van der Waals surface area contributed by atoms with Gasteiger partial charge in [0.1, 0.15) is 30.1 Å². The third kappa shape index (κ3) is 19.4. The van der Waals surface area contributed by atoms with Gasteiger partial charge in [-0.05, 0) is 107 Å². The molecule has 15 atom stereocenters. The molecule has 18 nitrogen and oxygen atoms in total. The van der Waals surface area contributed by atoms with Crippen LogP contribution in [-0.4, -0.2) is 183 Å². The maximum absolute atomic E-state index is 14.6. The molecule has 2 bridgehead atoms. The summed E-state index contributed by atoms with van der Waals surface area (Å²) in [5, 5.41) is 42.1. The van der Waals surface area contributed by atoms with Crippen LogP contribution in [-0.2, 0) is 61.9 Å². The second-order valence-electron chi connectivity index (χ2n) is 21.7. The van der Waals surface area contributed by atoms with Crippen molar-refractivity contribution < 1.29 is 82.3 Å². The second-order valence-corrected chi connectivity index (χ2v) is 21.7. The third-order valence-corrected chi connectivity index (χ3v) is 15.7. The maximum atomic E-state index is 14.6. The van der Waals surface area contributed by atoms with Crippen molar-refractivity contribution in [2.45, 2.75) is 180 Å². The van der Waals surface area contributed by atoms with Gasteiger partial charge in [-0.25, -0.2) is 4.79 Å². The first-order valence-corrected chi connectivity index (χ1v) is 27.9. The number of cyclic esters (lactones) is 1. The summed E-state index contributed by atoms with van der Waals surface area (Å²) in [5.41, 5.74) is 1.19. The summed E-state index contributed by atoms with van der Waals surface area (Å²) in [6, 6.07) is -1.18. The van der Waals surface area contributed by atoms with E-state index in [1.54, 1.807) is 40.9 Å². The average molecular weight is 1080 g/mol. The molecule has 0 aromatic rings. The van der Waals surface area contributed by atoms with Crippen molar-refractivity contribution in [1.29, 1.82) is 0 Å². The number of allylic oxidation sites excluding steroid dienone is 6. The Kier molecular flexibility index (Phi) is 28.3. The first-order chi connectivity index (χ1) is 36.3. The molecule has 4 aliphatic rings. The summed E-state index contributed by atoms with van der Waals surface area (Å²) in [5.74, 6) is -8.32. The zero-order valence-electron chi connectivity index (χ0n) is 46.9. The fourth-order valence-corrected chi connectivity index (χ4v) is 11.0. The Morgan fingerprint density at radius 1 is 0.776 bits per heavy atom. The average Bonchev–Trinajstić information content (AvgIpc) is 3.40. The monoisotopic (exact) mass is 1080 g/mol. The number of ether oxygens (including phenoxy) is 8. The molecule has 0 aromatic carbocycles. The van der Waals surface area contributed by atoms with Crippen LogP contribution in [0.3, 0.4) is 0 Å². The molecule has 0 spiro atoms. The van der Waals surface area contributed by atoms with Crippen molar-refractivity contribution in [1.82, 2.24) is 4.90 Å². The smallest absolute Gasteiger partial charge is 0.329 e. The highest BCUT2D eigenvalue weighted by molar-refractivity contribution is 6.39. The van der Waals surface area contributed by atoms with E-state index in [0.717, 1.165) is 12.0 Å². The van der Waals surface area contributed by atoms with Gasteiger partial charge in [-0.1, -0.05) is 71.1 Å². The fourth-order valence-electron chi connectivity index (χ4n) is 11.0. The minimum Gasteiger partial charge on any atom is -0.460 e. The topological polar surface area (TPSA) is 243 Å². The number of carbonyl (C=O) groups excluding carboxylic acids is 5. The summed E-state index contributed by atoms with van der Waals surface area (Å²) in [4.78, 5) is 72.9. The standard InChI is InChI=1S/C58H93NO17/c1-37-15-11-10-12-16-38(2)49(74-30-29-72-28-27-71-25-23-60)35-45-20-18-43(7)58(68,76-45)55(65)56(66)59-22-14-13-17-46(59)57(67)75-50(40(4)33-44-19-21-48(73-26-24-61)51(34-44)69-8)36-47(62)39(3)32-42(6)53(64)54(70-9)52(63)41(5)31-37/h10-12,15-16,32,37,39-41,43-46,48-51,53-54,60-61,64,68H,13-14,17-31,33-36H2,1-9H3/b12-10+,15-11+,38-16+,42-32+/t37-,39-,40-,41-,43-,44+,45+,46+,48-,49?,50+,51-,53-,54+,58-/m1/s1. The Morgan fingerprint density at radius 3 is 2.18 bits per heavy atom. The van der Waals surface area contributed by atoms with Crippen molar-refractivity contribution in [3.8, 4) is 0 Å². The predicted octanol–water partition coefficient (Wildman–Crippen LogP) is 5.59. The van der Waals surface area contributed by atoms with E-state index in [0.29, 0.717) is 70.2 Å². The number of hydrogen-bond donors (Lipinski definition) is 4. The van der Waals surface area contributed by atoms with Crippen LogP contribution in [0.1, 0.15) is 126 Å². The Balaban J connectivity index is 1.69. The van der Waals surface area contributed by atoms with Crippen molar-refractivity contribution in [2.75, 3.05) is 73.6 Å². The lowest BCUT2D eigenvalue weighted by Gasteiger charge is -2.43. The Labute approximate surface area is 451 Å². The number of fused-ring (bicyclic) bond motifs is 3. The van der Waals surface area contributed by atoms with Crippen LogP contribution in [0.4, 0.5) is 0 Å². The molecule has 2 saturated heterocycles. The molecule has 3 heterocycles. The molecule has 18 heteroatoms. The number of carbonyl (C=O) groups is 5. The van der Waals surface area contributed by atoms with Gasteiger partial charge in [-0.3, -0.25) is 19.2 Å². The largest absolute Gasteiger partial charge is 0.460 e. The number of hydrogen-bond acceptors (Lipinski definition) is 17. The molecule has 1 aliphatic carbocycles.